The van der Waals surface area contributed by atoms with E-state index in [2.05, 4.69) is 16.8 Å². The standard InChI is InChI=1S/C10H13N3/c1-3-4-9(5-8(2)11)10-6-12-13-7-10/h3-7H,1,11H2,2H3,(H,12,13)/b8-5+,9-4+. The SMILES string of the molecule is C=C/C=C(\C=C(/C)N)c1cn[nH]c1. The molecule has 1 rings (SSSR count). The Morgan fingerprint density at radius 1 is 1.69 bits per heavy atom. The Morgan fingerprint density at radius 2 is 2.46 bits per heavy atom. The van der Waals surface area contributed by atoms with E-state index < -0.39 is 0 Å². The number of hydrogen-bond donors (Lipinski definition) is 2. The highest BCUT2D eigenvalue weighted by Crippen LogP contribution is 2.14. The van der Waals surface area contributed by atoms with Crippen molar-refractivity contribution < 1.29 is 0 Å². The molecule has 0 fully saturated rings. The molecule has 0 aliphatic heterocycles. The van der Waals surface area contributed by atoms with Crippen molar-refractivity contribution in [3.63, 3.8) is 0 Å². The summed E-state index contributed by atoms with van der Waals surface area (Å²) in [6.07, 6.45) is 9.05. The summed E-state index contributed by atoms with van der Waals surface area (Å²) in [6.45, 7) is 5.48. The Hall–Kier alpha value is -1.77. The highest BCUT2D eigenvalue weighted by molar-refractivity contribution is 5.74. The van der Waals surface area contributed by atoms with E-state index in [0.29, 0.717) is 0 Å². The third-order valence-corrected chi connectivity index (χ3v) is 1.51. The van der Waals surface area contributed by atoms with Gasteiger partial charge in [0.1, 0.15) is 0 Å². The molecule has 0 saturated heterocycles. The number of H-pyrrole nitrogens is 1. The summed E-state index contributed by atoms with van der Waals surface area (Å²) in [5, 5.41) is 6.61. The van der Waals surface area contributed by atoms with E-state index in [-0.39, 0.29) is 0 Å². The third-order valence-electron chi connectivity index (χ3n) is 1.51. The zero-order chi connectivity index (χ0) is 9.68. The summed E-state index contributed by atoms with van der Waals surface area (Å²) in [4.78, 5) is 0. The van der Waals surface area contributed by atoms with Crippen LogP contribution in [0.25, 0.3) is 5.57 Å². The first-order valence-corrected chi connectivity index (χ1v) is 3.99. The summed E-state index contributed by atoms with van der Waals surface area (Å²) in [6, 6.07) is 0. The van der Waals surface area contributed by atoms with Crippen LogP contribution in [0.15, 0.2) is 42.9 Å². The van der Waals surface area contributed by atoms with E-state index in [0.717, 1.165) is 16.8 Å². The molecule has 0 atom stereocenters. The lowest BCUT2D eigenvalue weighted by atomic mass is 10.1. The lowest BCUT2D eigenvalue weighted by molar-refractivity contribution is 1.09. The molecule has 0 unspecified atom stereocenters. The second-order valence-corrected chi connectivity index (χ2v) is 2.73. The third kappa shape index (κ3) is 2.63. The van der Waals surface area contributed by atoms with E-state index >= 15 is 0 Å². The average molecular weight is 175 g/mol. The summed E-state index contributed by atoms with van der Waals surface area (Å²) < 4.78 is 0. The van der Waals surface area contributed by atoms with Crippen LogP contribution >= 0.6 is 0 Å². The monoisotopic (exact) mass is 175 g/mol. The Labute approximate surface area is 77.7 Å². The fourth-order valence-electron chi connectivity index (χ4n) is 1.01. The predicted octanol–water partition coefficient (Wildman–Crippen LogP) is 1.84. The van der Waals surface area contributed by atoms with Gasteiger partial charge < -0.3 is 5.73 Å². The minimum atomic E-state index is 0.759. The van der Waals surface area contributed by atoms with Crippen molar-refractivity contribution in [1.29, 1.82) is 0 Å². The van der Waals surface area contributed by atoms with Crippen LogP contribution in [0.3, 0.4) is 0 Å². The van der Waals surface area contributed by atoms with Crippen LogP contribution in [0.2, 0.25) is 0 Å². The molecular formula is C10H13N3. The van der Waals surface area contributed by atoms with Crippen LogP contribution in [0.5, 0.6) is 0 Å². The Kier molecular flexibility index (Phi) is 3.09. The van der Waals surface area contributed by atoms with Crippen molar-refractivity contribution in [2.24, 2.45) is 5.73 Å². The number of nitrogens with two attached hydrogens (primary N) is 1. The van der Waals surface area contributed by atoms with E-state index in [1.165, 1.54) is 0 Å². The summed E-state index contributed by atoms with van der Waals surface area (Å²) in [5.41, 5.74) is 8.35. The smallest absolute Gasteiger partial charge is 0.0565 e. The largest absolute Gasteiger partial charge is 0.402 e. The summed E-state index contributed by atoms with van der Waals surface area (Å²) >= 11 is 0. The molecule has 3 heteroatoms. The molecule has 68 valence electrons. The number of nitrogens with zero attached hydrogens (tertiary/aromatic N) is 1. The van der Waals surface area contributed by atoms with Crippen LogP contribution in [-0.2, 0) is 0 Å². The normalized spacial score (nSPS) is 13.0. The number of aromatic nitrogens is 2. The van der Waals surface area contributed by atoms with Gasteiger partial charge in [-0.2, -0.15) is 5.10 Å². The number of nitrogens with one attached hydrogen (secondary N) is 1. The molecule has 0 bridgehead atoms. The average Bonchev–Trinajstić information content (AvgIpc) is 2.54. The van der Waals surface area contributed by atoms with Gasteiger partial charge in [-0.3, -0.25) is 5.10 Å². The van der Waals surface area contributed by atoms with Gasteiger partial charge in [-0.15, -0.1) is 0 Å². The quantitative estimate of drug-likeness (QED) is 0.689. The highest BCUT2D eigenvalue weighted by atomic mass is 15.1. The maximum atomic E-state index is 5.59. The minimum absolute atomic E-state index is 0.759. The number of aromatic amines is 1. The van der Waals surface area contributed by atoms with Gasteiger partial charge in [-0.05, 0) is 18.6 Å². The summed E-state index contributed by atoms with van der Waals surface area (Å²) in [7, 11) is 0. The first kappa shape index (κ1) is 9.32. The molecule has 0 amide bonds. The maximum Gasteiger partial charge on any atom is 0.0565 e. The molecule has 0 aliphatic rings. The van der Waals surface area contributed by atoms with Crippen molar-refractivity contribution in [3.05, 3.63) is 48.5 Å². The van der Waals surface area contributed by atoms with Crippen molar-refractivity contribution in [2.75, 3.05) is 0 Å². The lowest BCUT2D eigenvalue weighted by Crippen LogP contribution is -1.90. The van der Waals surface area contributed by atoms with Gasteiger partial charge in [0.25, 0.3) is 0 Å². The van der Waals surface area contributed by atoms with E-state index in [1.54, 1.807) is 12.3 Å². The van der Waals surface area contributed by atoms with Gasteiger partial charge in [-0.25, -0.2) is 0 Å². The fourth-order valence-corrected chi connectivity index (χ4v) is 1.01. The Morgan fingerprint density at radius 3 is 2.92 bits per heavy atom. The van der Waals surface area contributed by atoms with Gasteiger partial charge in [-0.1, -0.05) is 18.7 Å². The molecule has 0 aliphatic carbocycles. The van der Waals surface area contributed by atoms with Crippen molar-refractivity contribution >= 4 is 5.57 Å². The first-order valence-electron chi connectivity index (χ1n) is 3.99. The predicted molar refractivity (Wildman–Crippen MR) is 54.7 cm³/mol. The lowest BCUT2D eigenvalue weighted by Gasteiger charge is -1.97. The molecule has 0 radical (unpaired) electrons. The molecule has 13 heavy (non-hydrogen) atoms. The Bertz CT molecular complexity index is 327. The van der Waals surface area contributed by atoms with E-state index in [9.17, 15) is 0 Å². The maximum absolute atomic E-state index is 5.59. The number of hydrogen-bond acceptors (Lipinski definition) is 2. The van der Waals surface area contributed by atoms with Crippen LogP contribution in [0, 0.1) is 0 Å². The molecule has 1 heterocycles. The number of allylic oxidation sites excluding steroid dienone is 5. The van der Waals surface area contributed by atoms with Gasteiger partial charge >= 0.3 is 0 Å². The molecule has 0 spiro atoms. The van der Waals surface area contributed by atoms with Crippen LogP contribution < -0.4 is 5.73 Å². The van der Waals surface area contributed by atoms with Gasteiger partial charge in [0.15, 0.2) is 0 Å². The molecule has 0 aromatic carbocycles. The molecule has 3 nitrogen and oxygen atoms in total. The van der Waals surface area contributed by atoms with Crippen LogP contribution in [0.1, 0.15) is 12.5 Å². The van der Waals surface area contributed by atoms with E-state index in [4.69, 9.17) is 5.73 Å². The first-order chi connectivity index (χ1) is 6.24. The number of rotatable bonds is 3. The Balaban J connectivity index is 3.01. The molecule has 1 aromatic heterocycles. The topological polar surface area (TPSA) is 54.7 Å². The molecule has 1 aromatic rings. The second-order valence-electron chi connectivity index (χ2n) is 2.73. The van der Waals surface area contributed by atoms with Crippen molar-refractivity contribution in [2.45, 2.75) is 6.92 Å². The summed E-state index contributed by atoms with van der Waals surface area (Å²) in [5.74, 6) is 0. The van der Waals surface area contributed by atoms with Crippen LogP contribution in [-0.4, -0.2) is 10.2 Å². The molecular weight excluding hydrogens is 162 g/mol. The van der Waals surface area contributed by atoms with Gasteiger partial charge in [0.2, 0.25) is 0 Å². The minimum Gasteiger partial charge on any atom is -0.402 e. The highest BCUT2D eigenvalue weighted by Gasteiger charge is 1.97. The molecule has 3 N–H and O–H groups in total. The van der Waals surface area contributed by atoms with Crippen LogP contribution in [0.4, 0.5) is 0 Å². The van der Waals surface area contributed by atoms with Gasteiger partial charge in [0, 0.05) is 17.5 Å². The van der Waals surface area contributed by atoms with Gasteiger partial charge in [0.05, 0.1) is 6.20 Å². The van der Waals surface area contributed by atoms with Crippen molar-refractivity contribution in [1.82, 2.24) is 10.2 Å². The van der Waals surface area contributed by atoms with Crippen molar-refractivity contribution in [3.8, 4) is 0 Å². The second kappa shape index (κ2) is 4.30. The zero-order valence-electron chi connectivity index (χ0n) is 7.62. The molecule has 0 saturated carbocycles. The van der Waals surface area contributed by atoms with E-state index in [1.807, 2.05) is 25.3 Å². The fraction of sp³-hybridized carbons (Fsp3) is 0.100. The zero-order valence-corrected chi connectivity index (χ0v) is 7.62.